The van der Waals surface area contributed by atoms with Crippen molar-refractivity contribution in [3.63, 3.8) is 0 Å². The first-order valence-corrected chi connectivity index (χ1v) is 5.56. The molecule has 2 atom stereocenters. The van der Waals surface area contributed by atoms with E-state index in [9.17, 15) is 5.11 Å². The van der Waals surface area contributed by atoms with Gasteiger partial charge in [0.05, 0.1) is 5.69 Å². The monoisotopic (exact) mass is 209 g/mol. The molecule has 2 rings (SSSR count). The van der Waals surface area contributed by atoms with Crippen molar-refractivity contribution in [1.29, 1.82) is 0 Å². The van der Waals surface area contributed by atoms with Crippen molar-refractivity contribution in [2.75, 3.05) is 13.6 Å². The van der Waals surface area contributed by atoms with Crippen molar-refractivity contribution in [2.24, 2.45) is 7.05 Å². The minimum atomic E-state index is -0.414. The first kappa shape index (κ1) is 10.6. The quantitative estimate of drug-likeness (QED) is 0.788. The maximum absolute atomic E-state index is 10.3. The van der Waals surface area contributed by atoms with Crippen LogP contribution in [0.5, 0.6) is 0 Å². The Morgan fingerprint density at radius 2 is 2.27 bits per heavy atom. The van der Waals surface area contributed by atoms with Gasteiger partial charge >= 0.3 is 0 Å². The van der Waals surface area contributed by atoms with Gasteiger partial charge in [-0.1, -0.05) is 6.42 Å². The second-order valence-corrected chi connectivity index (χ2v) is 4.37. The molecule has 0 radical (unpaired) electrons. The van der Waals surface area contributed by atoms with Crippen molar-refractivity contribution in [3.05, 3.63) is 18.0 Å². The Hall–Kier alpha value is -0.870. The van der Waals surface area contributed by atoms with Gasteiger partial charge < -0.3 is 10.0 Å². The van der Waals surface area contributed by atoms with Crippen LogP contribution in [0.1, 0.15) is 31.1 Å². The predicted molar refractivity (Wildman–Crippen MR) is 58.4 cm³/mol. The molecule has 4 heteroatoms. The first-order valence-electron chi connectivity index (χ1n) is 5.56. The summed E-state index contributed by atoms with van der Waals surface area (Å²) in [5, 5.41) is 14.4. The fourth-order valence-electron chi connectivity index (χ4n) is 2.37. The molecule has 1 aromatic heterocycles. The summed E-state index contributed by atoms with van der Waals surface area (Å²) >= 11 is 0. The minimum absolute atomic E-state index is 0.245. The zero-order chi connectivity index (χ0) is 10.8. The molecule has 0 unspecified atom stereocenters. The molecule has 0 spiro atoms. The maximum Gasteiger partial charge on any atom is 0.111 e. The largest absolute Gasteiger partial charge is 0.385 e. The van der Waals surface area contributed by atoms with Crippen molar-refractivity contribution in [2.45, 2.75) is 31.4 Å². The van der Waals surface area contributed by atoms with Gasteiger partial charge in [0.25, 0.3) is 0 Å². The van der Waals surface area contributed by atoms with Gasteiger partial charge in [0.2, 0.25) is 0 Å². The number of rotatable bonds is 2. The standard InChI is InChI=1S/C11H19N3O/c1-13-8-4-3-5-9(13)11(15)10-6-7-12-14(10)2/h6-7,9,11,15H,3-5,8H2,1-2H3/t9-,11+/m1/s1. The number of aryl methyl sites for hydroxylation is 1. The summed E-state index contributed by atoms with van der Waals surface area (Å²) in [5.74, 6) is 0. The maximum atomic E-state index is 10.3. The molecule has 1 fully saturated rings. The van der Waals surface area contributed by atoms with Gasteiger partial charge in [-0.15, -0.1) is 0 Å². The molecule has 0 saturated carbocycles. The molecule has 0 aromatic carbocycles. The highest BCUT2D eigenvalue weighted by atomic mass is 16.3. The minimum Gasteiger partial charge on any atom is -0.385 e. The van der Waals surface area contributed by atoms with E-state index in [0.717, 1.165) is 18.7 Å². The molecule has 2 heterocycles. The first-order chi connectivity index (χ1) is 7.20. The molecule has 1 aliphatic heterocycles. The molecule has 0 aliphatic carbocycles. The Morgan fingerprint density at radius 3 is 2.87 bits per heavy atom. The van der Waals surface area contributed by atoms with E-state index in [1.807, 2.05) is 13.1 Å². The summed E-state index contributed by atoms with van der Waals surface area (Å²) < 4.78 is 1.76. The normalized spacial score (nSPS) is 25.4. The molecule has 1 N–H and O–H groups in total. The van der Waals surface area contributed by atoms with Gasteiger partial charge in [-0.2, -0.15) is 5.10 Å². The molecule has 84 valence electrons. The van der Waals surface area contributed by atoms with E-state index in [1.165, 1.54) is 12.8 Å². The highest BCUT2D eigenvalue weighted by Gasteiger charge is 2.28. The molecule has 15 heavy (non-hydrogen) atoms. The smallest absolute Gasteiger partial charge is 0.111 e. The van der Waals surface area contributed by atoms with Gasteiger partial charge in [-0.25, -0.2) is 0 Å². The summed E-state index contributed by atoms with van der Waals surface area (Å²) in [5.41, 5.74) is 0.911. The van der Waals surface area contributed by atoms with Crippen LogP contribution in [0.3, 0.4) is 0 Å². The lowest BCUT2D eigenvalue weighted by molar-refractivity contribution is 0.0354. The van der Waals surface area contributed by atoms with E-state index >= 15 is 0 Å². The summed E-state index contributed by atoms with van der Waals surface area (Å²) in [6.45, 7) is 1.08. The number of aromatic nitrogens is 2. The van der Waals surface area contributed by atoms with Crippen molar-refractivity contribution < 1.29 is 5.11 Å². The van der Waals surface area contributed by atoms with E-state index in [-0.39, 0.29) is 6.04 Å². The molecule has 0 bridgehead atoms. The molecular formula is C11H19N3O. The van der Waals surface area contributed by atoms with E-state index in [4.69, 9.17) is 0 Å². The number of aliphatic hydroxyl groups is 1. The third-order valence-corrected chi connectivity index (χ3v) is 3.35. The highest BCUT2D eigenvalue weighted by molar-refractivity contribution is 5.07. The lowest BCUT2D eigenvalue weighted by atomic mass is 9.96. The fraction of sp³-hybridized carbons (Fsp3) is 0.727. The Balaban J connectivity index is 2.13. The molecule has 1 saturated heterocycles. The van der Waals surface area contributed by atoms with E-state index in [2.05, 4.69) is 17.0 Å². The van der Waals surface area contributed by atoms with Crippen molar-refractivity contribution >= 4 is 0 Å². The van der Waals surface area contributed by atoms with Crippen LogP contribution in [0.25, 0.3) is 0 Å². The number of hydrogen-bond acceptors (Lipinski definition) is 3. The van der Waals surface area contributed by atoms with Crippen LogP contribution in [0.15, 0.2) is 12.3 Å². The SMILES string of the molecule is CN1CCCC[C@@H]1[C@H](O)c1ccnn1C. The molecule has 1 aromatic rings. The average Bonchev–Trinajstić information content (AvgIpc) is 2.64. The van der Waals surface area contributed by atoms with Gasteiger partial charge in [0, 0.05) is 19.3 Å². The van der Waals surface area contributed by atoms with E-state index in [0.29, 0.717) is 0 Å². The lowest BCUT2D eigenvalue weighted by Crippen LogP contribution is -2.41. The van der Waals surface area contributed by atoms with Crippen LogP contribution < -0.4 is 0 Å². The molecule has 1 aliphatic rings. The number of aliphatic hydroxyl groups excluding tert-OH is 1. The lowest BCUT2D eigenvalue weighted by Gasteiger charge is -2.35. The van der Waals surface area contributed by atoms with E-state index in [1.54, 1.807) is 10.9 Å². The second-order valence-electron chi connectivity index (χ2n) is 4.37. The van der Waals surface area contributed by atoms with Crippen LogP contribution in [-0.2, 0) is 7.05 Å². The second kappa shape index (κ2) is 4.33. The fourth-order valence-corrected chi connectivity index (χ4v) is 2.37. The third-order valence-electron chi connectivity index (χ3n) is 3.35. The summed E-state index contributed by atoms with van der Waals surface area (Å²) in [6, 6.07) is 2.14. The van der Waals surface area contributed by atoms with Gasteiger partial charge in [0.1, 0.15) is 6.10 Å². The Kier molecular flexibility index (Phi) is 3.07. The summed E-state index contributed by atoms with van der Waals surface area (Å²) in [7, 11) is 3.96. The molecular weight excluding hydrogens is 190 g/mol. The Morgan fingerprint density at radius 1 is 1.47 bits per heavy atom. The van der Waals surface area contributed by atoms with Crippen LogP contribution in [-0.4, -0.2) is 39.4 Å². The number of likely N-dealkylation sites (N-methyl/N-ethyl adjacent to an activating group) is 1. The average molecular weight is 209 g/mol. The Bertz CT molecular complexity index is 323. The summed E-state index contributed by atoms with van der Waals surface area (Å²) in [4.78, 5) is 2.25. The highest BCUT2D eigenvalue weighted by Crippen LogP contribution is 2.26. The number of hydrogen-bond donors (Lipinski definition) is 1. The number of likely N-dealkylation sites (tertiary alicyclic amines) is 1. The van der Waals surface area contributed by atoms with Crippen LogP contribution in [0.2, 0.25) is 0 Å². The van der Waals surface area contributed by atoms with Gasteiger partial charge in [-0.3, -0.25) is 4.68 Å². The van der Waals surface area contributed by atoms with Crippen molar-refractivity contribution in [3.8, 4) is 0 Å². The van der Waals surface area contributed by atoms with Crippen LogP contribution in [0.4, 0.5) is 0 Å². The predicted octanol–water partition coefficient (Wildman–Crippen LogP) is 0.938. The van der Waals surface area contributed by atoms with Gasteiger partial charge in [-0.05, 0) is 32.5 Å². The zero-order valence-corrected chi connectivity index (χ0v) is 9.43. The zero-order valence-electron chi connectivity index (χ0n) is 9.43. The van der Waals surface area contributed by atoms with Crippen LogP contribution >= 0.6 is 0 Å². The van der Waals surface area contributed by atoms with Crippen molar-refractivity contribution in [1.82, 2.24) is 14.7 Å². The van der Waals surface area contributed by atoms with Gasteiger partial charge in [0.15, 0.2) is 0 Å². The van der Waals surface area contributed by atoms with Crippen LogP contribution in [0, 0.1) is 0 Å². The third kappa shape index (κ3) is 2.06. The topological polar surface area (TPSA) is 41.3 Å². The summed E-state index contributed by atoms with van der Waals surface area (Å²) in [6.07, 6.45) is 4.85. The molecule has 4 nitrogen and oxygen atoms in total. The van der Waals surface area contributed by atoms with E-state index < -0.39 is 6.10 Å². The molecule has 0 amide bonds. The number of piperidine rings is 1. The number of nitrogens with zero attached hydrogens (tertiary/aromatic N) is 3. The Labute approximate surface area is 90.5 Å².